The van der Waals surface area contributed by atoms with E-state index < -0.39 is 0 Å². The van der Waals surface area contributed by atoms with Crippen LogP contribution < -0.4 is 0 Å². The molecule has 0 radical (unpaired) electrons. The summed E-state index contributed by atoms with van der Waals surface area (Å²) < 4.78 is 0. The van der Waals surface area contributed by atoms with E-state index in [4.69, 9.17) is 0 Å². The lowest BCUT2D eigenvalue weighted by molar-refractivity contribution is 1.46. The molecular formula is C28H22. The summed E-state index contributed by atoms with van der Waals surface area (Å²) in [5.74, 6) is 0. The number of aryl methyl sites for hydroxylation is 2. The fourth-order valence-corrected chi connectivity index (χ4v) is 4.03. The van der Waals surface area contributed by atoms with Crippen LogP contribution in [-0.4, -0.2) is 0 Å². The molecule has 28 heavy (non-hydrogen) atoms. The second-order valence-electron chi connectivity index (χ2n) is 7.66. The van der Waals surface area contributed by atoms with Crippen molar-refractivity contribution in [3.05, 3.63) is 108 Å². The van der Waals surface area contributed by atoms with Gasteiger partial charge in [0.25, 0.3) is 0 Å². The lowest BCUT2D eigenvalue weighted by atomic mass is 9.95. The Kier molecular flexibility index (Phi) is 3.98. The van der Waals surface area contributed by atoms with E-state index in [0.29, 0.717) is 0 Å². The molecule has 0 spiro atoms. The molecule has 0 aromatic heterocycles. The third-order valence-corrected chi connectivity index (χ3v) is 5.63. The van der Waals surface area contributed by atoms with Crippen molar-refractivity contribution < 1.29 is 0 Å². The fourth-order valence-electron chi connectivity index (χ4n) is 4.03. The van der Waals surface area contributed by atoms with E-state index in [2.05, 4.69) is 111 Å². The van der Waals surface area contributed by atoms with Gasteiger partial charge in [-0.25, -0.2) is 0 Å². The minimum atomic E-state index is 1.26. The van der Waals surface area contributed by atoms with Crippen molar-refractivity contribution in [3.63, 3.8) is 0 Å². The maximum atomic E-state index is 2.30. The van der Waals surface area contributed by atoms with Crippen LogP contribution in [0.15, 0.2) is 97.1 Å². The quantitative estimate of drug-likeness (QED) is 0.300. The Morgan fingerprint density at radius 3 is 1.57 bits per heavy atom. The number of benzene rings is 5. The lowest BCUT2D eigenvalue weighted by Gasteiger charge is -2.09. The smallest absolute Gasteiger partial charge is 0.0155 e. The first-order valence-corrected chi connectivity index (χ1v) is 9.78. The molecule has 0 atom stereocenters. The van der Waals surface area contributed by atoms with Crippen LogP contribution in [0.3, 0.4) is 0 Å². The molecule has 0 N–H and O–H groups in total. The topological polar surface area (TPSA) is 0 Å². The summed E-state index contributed by atoms with van der Waals surface area (Å²) in [6.45, 7) is 4.31. The highest BCUT2D eigenvalue weighted by Gasteiger charge is 2.05. The summed E-state index contributed by atoms with van der Waals surface area (Å²) in [7, 11) is 0. The summed E-state index contributed by atoms with van der Waals surface area (Å²) in [5.41, 5.74) is 7.72. The summed E-state index contributed by atoms with van der Waals surface area (Å²) >= 11 is 0. The van der Waals surface area contributed by atoms with E-state index in [0.717, 1.165) is 0 Å². The van der Waals surface area contributed by atoms with E-state index in [-0.39, 0.29) is 0 Å². The third-order valence-electron chi connectivity index (χ3n) is 5.63. The maximum Gasteiger partial charge on any atom is -0.0155 e. The Labute approximate surface area is 166 Å². The van der Waals surface area contributed by atoms with E-state index in [1.165, 1.54) is 54.9 Å². The SMILES string of the molecule is Cc1ccc2cc(-c3ccc4cc(-c5ccccc5C)ccc4c3)ccc2c1. The first-order chi connectivity index (χ1) is 13.7. The number of hydrogen-bond acceptors (Lipinski definition) is 0. The van der Waals surface area contributed by atoms with Gasteiger partial charge in [-0.05, 0) is 81.4 Å². The molecule has 0 aliphatic rings. The van der Waals surface area contributed by atoms with Crippen molar-refractivity contribution in [1.29, 1.82) is 0 Å². The third kappa shape index (κ3) is 2.97. The summed E-state index contributed by atoms with van der Waals surface area (Å²) in [5, 5.41) is 5.14. The standard InChI is InChI=1S/C28H22/c1-19-7-8-22-16-23(10-9-21(22)15-19)24-11-12-26-18-27(14-13-25(26)17-24)28-6-4-3-5-20(28)2/h3-18H,1-2H3. The Morgan fingerprint density at radius 2 is 0.929 bits per heavy atom. The molecule has 5 aromatic rings. The number of fused-ring (bicyclic) bond motifs is 2. The molecule has 0 bridgehead atoms. The molecule has 0 fully saturated rings. The van der Waals surface area contributed by atoms with Crippen LogP contribution >= 0.6 is 0 Å². The number of hydrogen-bond donors (Lipinski definition) is 0. The van der Waals surface area contributed by atoms with Gasteiger partial charge in [0.15, 0.2) is 0 Å². The van der Waals surface area contributed by atoms with Gasteiger partial charge in [-0.2, -0.15) is 0 Å². The van der Waals surface area contributed by atoms with Crippen LogP contribution in [0, 0.1) is 13.8 Å². The second kappa shape index (κ2) is 6.65. The van der Waals surface area contributed by atoms with Gasteiger partial charge in [0.2, 0.25) is 0 Å². The van der Waals surface area contributed by atoms with Gasteiger partial charge in [-0.1, -0.05) is 84.4 Å². The van der Waals surface area contributed by atoms with Crippen LogP contribution in [0.1, 0.15) is 11.1 Å². The predicted molar refractivity (Wildman–Crippen MR) is 122 cm³/mol. The van der Waals surface area contributed by atoms with Crippen molar-refractivity contribution >= 4 is 21.5 Å². The molecule has 0 amide bonds. The van der Waals surface area contributed by atoms with E-state index in [1.54, 1.807) is 0 Å². The molecule has 0 aliphatic carbocycles. The van der Waals surface area contributed by atoms with Crippen LogP contribution in [0.5, 0.6) is 0 Å². The molecule has 0 aliphatic heterocycles. The van der Waals surface area contributed by atoms with Gasteiger partial charge in [0.1, 0.15) is 0 Å². The fraction of sp³-hybridized carbons (Fsp3) is 0.0714. The predicted octanol–water partition coefficient (Wildman–Crippen LogP) is 7.94. The largest absolute Gasteiger partial charge is 0.0620 e. The van der Waals surface area contributed by atoms with Crippen molar-refractivity contribution in [3.8, 4) is 22.3 Å². The Bertz CT molecular complexity index is 1320. The molecule has 0 nitrogen and oxygen atoms in total. The minimum Gasteiger partial charge on any atom is -0.0620 e. The van der Waals surface area contributed by atoms with Crippen molar-refractivity contribution in [2.45, 2.75) is 13.8 Å². The summed E-state index contributed by atoms with van der Waals surface area (Å²) in [6.07, 6.45) is 0. The zero-order valence-corrected chi connectivity index (χ0v) is 16.2. The van der Waals surface area contributed by atoms with Crippen LogP contribution in [0.2, 0.25) is 0 Å². The molecule has 5 aromatic carbocycles. The molecule has 0 heterocycles. The Morgan fingerprint density at radius 1 is 0.429 bits per heavy atom. The van der Waals surface area contributed by atoms with Gasteiger partial charge in [0, 0.05) is 0 Å². The minimum absolute atomic E-state index is 1.26. The van der Waals surface area contributed by atoms with Gasteiger partial charge in [0.05, 0.1) is 0 Å². The molecule has 0 heteroatoms. The van der Waals surface area contributed by atoms with Crippen molar-refractivity contribution in [2.75, 3.05) is 0 Å². The van der Waals surface area contributed by atoms with Crippen LogP contribution in [-0.2, 0) is 0 Å². The first-order valence-electron chi connectivity index (χ1n) is 9.78. The zero-order valence-electron chi connectivity index (χ0n) is 16.2. The van der Waals surface area contributed by atoms with Crippen LogP contribution in [0.4, 0.5) is 0 Å². The molecular weight excluding hydrogens is 336 g/mol. The lowest BCUT2D eigenvalue weighted by Crippen LogP contribution is -1.84. The summed E-state index contributed by atoms with van der Waals surface area (Å²) in [4.78, 5) is 0. The molecule has 134 valence electrons. The molecule has 5 rings (SSSR count). The molecule has 0 saturated heterocycles. The van der Waals surface area contributed by atoms with Gasteiger partial charge in [-0.3, -0.25) is 0 Å². The average Bonchev–Trinajstić information content (AvgIpc) is 2.73. The summed E-state index contributed by atoms with van der Waals surface area (Å²) in [6, 6.07) is 35.5. The average molecular weight is 358 g/mol. The van der Waals surface area contributed by atoms with Crippen LogP contribution in [0.25, 0.3) is 43.8 Å². The van der Waals surface area contributed by atoms with Gasteiger partial charge >= 0.3 is 0 Å². The monoisotopic (exact) mass is 358 g/mol. The van der Waals surface area contributed by atoms with E-state index in [9.17, 15) is 0 Å². The number of rotatable bonds is 2. The normalized spacial score (nSPS) is 11.2. The van der Waals surface area contributed by atoms with Crippen molar-refractivity contribution in [1.82, 2.24) is 0 Å². The highest BCUT2D eigenvalue weighted by atomic mass is 14.1. The highest BCUT2D eigenvalue weighted by molar-refractivity contribution is 5.93. The van der Waals surface area contributed by atoms with Crippen molar-refractivity contribution in [2.24, 2.45) is 0 Å². The highest BCUT2D eigenvalue weighted by Crippen LogP contribution is 2.31. The van der Waals surface area contributed by atoms with E-state index in [1.807, 2.05) is 0 Å². The maximum absolute atomic E-state index is 2.30. The second-order valence-corrected chi connectivity index (χ2v) is 7.66. The zero-order chi connectivity index (χ0) is 19.1. The first kappa shape index (κ1) is 16.8. The Balaban J connectivity index is 1.58. The Hall–Kier alpha value is -3.38. The molecule has 0 unspecified atom stereocenters. The van der Waals surface area contributed by atoms with Gasteiger partial charge in [-0.15, -0.1) is 0 Å². The van der Waals surface area contributed by atoms with E-state index >= 15 is 0 Å². The molecule has 0 saturated carbocycles. The van der Waals surface area contributed by atoms with Gasteiger partial charge < -0.3 is 0 Å².